The molecule has 3 nitrogen and oxygen atoms in total. The van der Waals surface area contributed by atoms with Gasteiger partial charge in [0.15, 0.2) is 0 Å². The number of carbonyl (C=O) groups excluding carboxylic acids is 1. The Morgan fingerprint density at radius 3 is 3.00 bits per heavy atom. The summed E-state index contributed by atoms with van der Waals surface area (Å²) < 4.78 is 13.9. The summed E-state index contributed by atoms with van der Waals surface area (Å²) in [6, 6.07) is 4.42. The average Bonchev–Trinajstić information content (AvgIpc) is 2.45. The van der Waals surface area contributed by atoms with Crippen LogP contribution in [0.25, 0.3) is 0 Å². The Bertz CT molecular complexity index is 481. The molecular weight excluding hydrogens is 279 g/mol. The van der Waals surface area contributed by atoms with E-state index in [1.165, 1.54) is 12.1 Å². The van der Waals surface area contributed by atoms with Crippen molar-refractivity contribution in [3.8, 4) is 0 Å². The number of hydrogen-bond donors (Lipinski definition) is 1. The minimum atomic E-state index is -0.541. The molecule has 0 radical (unpaired) electrons. The van der Waals surface area contributed by atoms with E-state index < -0.39 is 5.82 Å². The summed E-state index contributed by atoms with van der Waals surface area (Å²) in [6.45, 7) is 1.56. The van der Waals surface area contributed by atoms with E-state index in [0.717, 1.165) is 32.2 Å². The van der Waals surface area contributed by atoms with Gasteiger partial charge in [0.25, 0.3) is 5.91 Å². The zero-order valence-corrected chi connectivity index (χ0v) is 12.4. The second kappa shape index (κ2) is 7.04. The maximum absolute atomic E-state index is 13.9. The van der Waals surface area contributed by atoms with Crippen molar-refractivity contribution >= 4 is 17.5 Å². The molecule has 1 aliphatic rings. The van der Waals surface area contributed by atoms with Crippen LogP contribution in [-0.2, 0) is 0 Å². The molecular formula is C15H20ClFN2O. The number of benzene rings is 1. The largest absolute Gasteiger partial charge is 0.336 e. The fourth-order valence-corrected chi connectivity index (χ4v) is 2.86. The first-order valence-electron chi connectivity index (χ1n) is 7.04. The number of halogens is 2. The molecule has 110 valence electrons. The van der Waals surface area contributed by atoms with E-state index >= 15 is 0 Å². The van der Waals surface area contributed by atoms with Crippen molar-refractivity contribution in [2.45, 2.75) is 31.7 Å². The summed E-state index contributed by atoms with van der Waals surface area (Å²) in [7, 11) is 1.90. The maximum atomic E-state index is 13.9. The lowest BCUT2D eigenvalue weighted by molar-refractivity contribution is 0.0598. The van der Waals surface area contributed by atoms with Gasteiger partial charge in [0.2, 0.25) is 0 Å². The van der Waals surface area contributed by atoms with E-state index in [1.807, 2.05) is 11.9 Å². The van der Waals surface area contributed by atoms with E-state index in [4.69, 9.17) is 11.6 Å². The summed E-state index contributed by atoms with van der Waals surface area (Å²) in [5.74, 6) is -0.764. The smallest absolute Gasteiger partial charge is 0.257 e. The lowest BCUT2D eigenvalue weighted by Gasteiger charge is -2.36. The van der Waals surface area contributed by atoms with Crippen molar-refractivity contribution in [3.63, 3.8) is 0 Å². The Balaban J connectivity index is 2.16. The highest BCUT2D eigenvalue weighted by Crippen LogP contribution is 2.23. The van der Waals surface area contributed by atoms with Crippen LogP contribution in [0.4, 0.5) is 4.39 Å². The van der Waals surface area contributed by atoms with Gasteiger partial charge in [-0.25, -0.2) is 4.39 Å². The number of rotatable bonds is 4. The van der Waals surface area contributed by atoms with Crippen molar-refractivity contribution in [1.82, 2.24) is 10.2 Å². The Hall–Kier alpha value is -1.13. The standard InChI is InChI=1S/C15H20ClFN2O/c1-18-8-7-12-4-2-3-9-19(12)15(20)13-6-5-11(16)10-14(13)17/h5-6,10,12,18H,2-4,7-9H2,1H3. The molecule has 1 saturated heterocycles. The molecule has 0 bridgehead atoms. The van der Waals surface area contributed by atoms with Crippen LogP contribution in [0, 0.1) is 5.82 Å². The van der Waals surface area contributed by atoms with Gasteiger partial charge in [-0.05, 0) is 57.5 Å². The van der Waals surface area contributed by atoms with Crippen LogP contribution in [0.15, 0.2) is 18.2 Å². The zero-order valence-electron chi connectivity index (χ0n) is 11.7. The summed E-state index contributed by atoms with van der Waals surface area (Å²) in [4.78, 5) is 14.3. The van der Waals surface area contributed by atoms with Crippen LogP contribution in [0.2, 0.25) is 5.02 Å². The van der Waals surface area contributed by atoms with Crippen LogP contribution in [0.1, 0.15) is 36.0 Å². The lowest BCUT2D eigenvalue weighted by Crippen LogP contribution is -2.45. The van der Waals surface area contributed by atoms with Crippen LogP contribution in [-0.4, -0.2) is 37.0 Å². The number of piperidine rings is 1. The van der Waals surface area contributed by atoms with Gasteiger partial charge in [0.1, 0.15) is 5.82 Å². The number of likely N-dealkylation sites (tertiary alicyclic amines) is 1. The number of nitrogens with zero attached hydrogens (tertiary/aromatic N) is 1. The van der Waals surface area contributed by atoms with E-state index in [2.05, 4.69) is 5.32 Å². The third-order valence-corrected chi connectivity index (χ3v) is 4.01. The molecule has 20 heavy (non-hydrogen) atoms. The minimum Gasteiger partial charge on any atom is -0.336 e. The third-order valence-electron chi connectivity index (χ3n) is 3.78. The molecule has 1 aromatic rings. The molecule has 2 rings (SSSR count). The molecule has 1 aromatic carbocycles. The highest BCUT2D eigenvalue weighted by molar-refractivity contribution is 6.30. The fourth-order valence-electron chi connectivity index (χ4n) is 2.70. The van der Waals surface area contributed by atoms with Gasteiger partial charge in [-0.1, -0.05) is 11.6 Å². The van der Waals surface area contributed by atoms with E-state index in [0.29, 0.717) is 11.6 Å². The highest BCUT2D eigenvalue weighted by atomic mass is 35.5. The van der Waals surface area contributed by atoms with E-state index in [9.17, 15) is 9.18 Å². The Morgan fingerprint density at radius 2 is 2.30 bits per heavy atom. The molecule has 1 amide bonds. The van der Waals surface area contributed by atoms with Crippen molar-refractivity contribution in [2.75, 3.05) is 20.1 Å². The zero-order chi connectivity index (χ0) is 14.5. The SMILES string of the molecule is CNCCC1CCCCN1C(=O)c1ccc(Cl)cc1F. The number of amides is 1. The third kappa shape index (κ3) is 3.49. The first kappa shape index (κ1) is 15.3. The van der Waals surface area contributed by atoms with Crippen LogP contribution >= 0.6 is 11.6 Å². The normalized spacial score (nSPS) is 19.1. The maximum Gasteiger partial charge on any atom is 0.257 e. The quantitative estimate of drug-likeness (QED) is 0.926. The van der Waals surface area contributed by atoms with Gasteiger partial charge in [-0.2, -0.15) is 0 Å². The minimum absolute atomic E-state index is 0.116. The monoisotopic (exact) mass is 298 g/mol. The predicted molar refractivity (Wildman–Crippen MR) is 78.6 cm³/mol. The molecule has 0 spiro atoms. The summed E-state index contributed by atoms with van der Waals surface area (Å²) in [6.07, 6.45) is 4.00. The molecule has 1 heterocycles. The second-order valence-electron chi connectivity index (χ2n) is 5.16. The number of carbonyl (C=O) groups is 1. The summed E-state index contributed by atoms with van der Waals surface area (Å²) in [5.41, 5.74) is 0.116. The highest BCUT2D eigenvalue weighted by Gasteiger charge is 2.28. The molecule has 1 atom stereocenters. The average molecular weight is 299 g/mol. The first-order chi connectivity index (χ1) is 9.63. The summed E-state index contributed by atoms with van der Waals surface area (Å²) >= 11 is 5.73. The molecule has 1 N–H and O–H groups in total. The summed E-state index contributed by atoms with van der Waals surface area (Å²) in [5, 5.41) is 3.41. The Kier molecular flexibility index (Phi) is 5.38. The van der Waals surface area contributed by atoms with Gasteiger partial charge >= 0.3 is 0 Å². The van der Waals surface area contributed by atoms with Gasteiger partial charge < -0.3 is 10.2 Å². The topological polar surface area (TPSA) is 32.3 Å². The van der Waals surface area contributed by atoms with Gasteiger partial charge in [0, 0.05) is 17.6 Å². The van der Waals surface area contributed by atoms with Crippen LogP contribution in [0.5, 0.6) is 0 Å². The second-order valence-corrected chi connectivity index (χ2v) is 5.60. The molecule has 1 aliphatic heterocycles. The van der Waals surface area contributed by atoms with E-state index in [1.54, 1.807) is 6.07 Å². The van der Waals surface area contributed by atoms with Gasteiger partial charge in [-0.15, -0.1) is 0 Å². The molecule has 0 saturated carbocycles. The van der Waals surface area contributed by atoms with Crippen LogP contribution < -0.4 is 5.32 Å². The van der Waals surface area contributed by atoms with Gasteiger partial charge in [-0.3, -0.25) is 4.79 Å². The molecule has 1 unspecified atom stereocenters. The molecule has 5 heteroatoms. The number of hydrogen-bond acceptors (Lipinski definition) is 2. The van der Waals surface area contributed by atoms with Crippen molar-refractivity contribution in [3.05, 3.63) is 34.6 Å². The molecule has 1 fully saturated rings. The van der Waals surface area contributed by atoms with Gasteiger partial charge in [0.05, 0.1) is 5.56 Å². The number of nitrogens with one attached hydrogen (secondary N) is 1. The van der Waals surface area contributed by atoms with Crippen molar-refractivity contribution < 1.29 is 9.18 Å². The van der Waals surface area contributed by atoms with Crippen molar-refractivity contribution in [2.24, 2.45) is 0 Å². The lowest BCUT2D eigenvalue weighted by atomic mass is 9.98. The Morgan fingerprint density at radius 1 is 1.50 bits per heavy atom. The molecule has 0 aliphatic carbocycles. The van der Waals surface area contributed by atoms with Crippen LogP contribution in [0.3, 0.4) is 0 Å². The predicted octanol–water partition coefficient (Wildman–Crippen LogP) is 3.08. The Labute approximate surface area is 124 Å². The van der Waals surface area contributed by atoms with Crippen molar-refractivity contribution in [1.29, 1.82) is 0 Å². The first-order valence-corrected chi connectivity index (χ1v) is 7.42. The fraction of sp³-hybridized carbons (Fsp3) is 0.533. The van der Waals surface area contributed by atoms with E-state index in [-0.39, 0.29) is 17.5 Å². The molecule has 0 aromatic heterocycles.